The highest BCUT2D eigenvalue weighted by Gasteiger charge is 2.43. The van der Waals surface area contributed by atoms with Crippen LogP contribution < -0.4 is 10.2 Å². The van der Waals surface area contributed by atoms with Gasteiger partial charge in [-0.05, 0) is 66.8 Å². The van der Waals surface area contributed by atoms with Gasteiger partial charge in [0, 0.05) is 28.5 Å². The molecule has 2 atom stereocenters. The Morgan fingerprint density at radius 2 is 2.04 bits per heavy atom. The first-order valence-corrected chi connectivity index (χ1v) is 10.5. The van der Waals surface area contributed by atoms with E-state index >= 15 is 0 Å². The Balaban J connectivity index is 1.29. The third kappa shape index (κ3) is 3.02. The largest absolute Gasteiger partial charge is 0.321 e. The fourth-order valence-electron chi connectivity index (χ4n) is 4.76. The second-order valence-corrected chi connectivity index (χ2v) is 8.84. The summed E-state index contributed by atoms with van der Waals surface area (Å²) in [5, 5.41) is 5.39. The van der Waals surface area contributed by atoms with Gasteiger partial charge in [-0.25, -0.2) is 0 Å². The maximum absolute atomic E-state index is 12.7. The Hall–Kier alpha value is -1.65. The molecule has 5 rings (SSSR count). The van der Waals surface area contributed by atoms with E-state index < -0.39 is 0 Å². The van der Waals surface area contributed by atoms with E-state index in [0.29, 0.717) is 12.6 Å². The predicted octanol–water partition coefficient (Wildman–Crippen LogP) is 2.77. The van der Waals surface area contributed by atoms with Crippen molar-refractivity contribution < 1.29 is 9.69 Å². The average Bonchev–Trinajstić information content (AvgIpc) is 3.14. The van der Waals surface area contributed by atoms with Crippen LogP contribution in [0.15, 0.2) is 29.6 Å². The summed E-state index contributed by atoms with van der Waals surface area (Å²) in [6, 6.07) is 9.29. The molecular weight excluding hydrogens is 328 g/mol. The average molecular weight is 354 g/mol. The van der Waals surface area contributed by atoms with Crippen LogP contribution in [0.5, 0.6) is 0 Å². The molecule has 2 N–H and O–H groups in total. The number of quaternary nitrogens is 1. The number of anilines is 1. The highest BCUT2D eigenvalue weighted by atomic mass is 32.1. The molecule has 2 aromatic rings. The quantitative estimate of drug-likeness (QED) is 0.871. The molecule has 1 saturated carbocycles. The van der Waals surface area contributed by atoms with Gasteiger partial charge in [0.05, 0.1) is 6.54 Å². The zero-order valence-corrected chi connectivity index (χ0v) is 15.3. The predicted molar refractivity (Wildman–Crippen MR) is 101 cm³/mol. The molecule has 0 saturated heterocycles. The van der Waals surface area contributed by atoms with Crippen LogP contribution in [-0.4, -0.2) is 19.0 Å². The minimum Gasteiger partial charge on any atom is -0.321 e. The van der Waals surface area contributed by atoms with Gasteiger partial charge in [-0.15, -0.1) is 11.3 Å². The van der Waals surface area contributed by atoms with Gasteiger partial charge >= 0.3 is 0 Å². The van der Waals surface area contributed by atoms with Crippen LogP contribution in [0.4, 0.5) is 5.69 Å². The van der Waals surface area contributed by atoms with E-state index in [1.54, 1.807) is 4.88 Å². The van der Waals surface area contributed by atoms with Gasteiger partial charge in [-0.2, -0.15) is 0 Å². The maximum Gasteiger partial charge on any atom is 0.279 e. The normalized spacial score (nSPS) is 24.6. The fourth-order valence-corrected chi connectivity index (χ4v) is 5.69. The summed E-state index contributed by atoms with van der Waals surface area (Å²) in [6.07, 6.45) is 7.37. The summed E-state index contributed by atoms with van der Waals surface area (Å²) < 4.78 is 0. The minimum absolute atomic E-state index is 0.164. The zero-order chi connectivity index (χ0) is 16.8. The molecule has 0 bridgehead atoms. The third-order valence-electron chi connectivity index (χ3n) is 6.09. The molecule has 2 heterocycles. The van der Waals surface area contributed by atoms with E-state index in [2.05, 4.69) is 35.0 Å². The molecule has 1 unspecified atom stereocenters. The lowest BCUT2D eigenvalue weighted by Gasteiger charge is -2.32. The highest BCUT2D eigenvalue weighted by Crippen LogP contribution is 2.42. The number of carbonyl (C=O) groups is 1. The second-order valence-electron chi connectivity index (χ2n) is 7.83. The number of hydrogen-bond acceptors (Lipinski definition) is 2. The molecular formula is C21H25N2OS+. The zero-order valence-electron chi connectivity index (χ0n) is 14.5. The summed E-state index contributed by atoms with van der Waals surface area (Å²) in [6.45, 7) is 1.68. The smallest absolute Gasteiger partial charge is 0.279 e. The second kappa shape index (κ2) is 6.26. The SMILES string of the molecule is O=C(C[NH+]1CCc2sccc2[C@H]1C1CC1)Nc1ccc2c(c1)CCC2. The summed E-state index contributed by atoms with van der Waals surface area (Å²) in [7, 11) is 0. The lowest BCUT2D eigenvalue weighted by atomic mass is 9.96. The molecule has 3 aliphatic rings. The van der Waals surface area contributed by atoms with Gasteiger partial charge in [-0.1, -0.05) is 6.07 Å². The van der Waals surface area contributed by atoms with Crippen molar-refractivity contribution in [3.05, 3.63) is 51.2 Å². The molecule has 1 aliphatic heterocycles. The number of thiophene rings is 1. The summed E-state index contributed by atoms with van der Waals surface area (Å²) in [4.78, 5) is 15.7. The minimum atomic E-state index is 0.164. The Morgan fingerprint density at radius 3 is 2.92 bits per heavy atom. The van der Waals surface area contributed by atoms with Crippen molar-refractivity contribution >= 4 is 22.9 Å². The number of nitrogens with one attached hydrogen (secondary N) is 2. The lowest BCUT2D eigenvalue weighted by Crippen LogP contribution is -3.14. The van der Waals surface area contributed by atoms with E-state index in [4.69, 9.17) is 0 Å². The first-order chi connectivity index (χ1) is 12.3. The molecule has 1 aromatic carbocycles. The van der Waals surface area contributed by atoms with E-state index in [9.17, 15) is 4.79 Å². The standard InChI is InChI=1S/C21H24N2OS/c24-20(22-17-7-6-14-2-1-3-16(14)12-17)13-23-10-8-19-18(9-11-25-19)21(23)15-4-5-15/h6-7,9,11-12,15,21H,1-5,8,10,13H2,(H,22,24)/p+1/t21-/m1/s1. The van der Waals surface area contributed by atoms with Crippen LogP contribution in [0.1, 0.15) is 46.9 Å². The van der Waals surface area contributed by atoms with Crippen LogP contribution in [0.3, 0.4) is 0 Å². The molecule has 130 valence electrons. The van der Waals surface area contributed by atoms with Crippen LogP contribution >= 0.6 is 11.3 Å². The van der Waals surface area contributed by atoms with E-state index in [1.165, 1.54) is 47.3 Å². The fraction of sp³-hybridized carbons (Fsp3) is 0.476. The van der Waals surface area contributed by atoms with E-state index in [-0.39, 0.29) is 5.91 Å². The summed E-state index contributed by atoms with van der Waals surface area (Å²) >= 11 is 1.90. The van der Waals surface area contributed by atoms with Crippen molar-refractivity contribution in [2.24, 2.45) is 5.92 Å². The Morgan fingerprint density at radius 1 is 1.16 bits per heavy atom. The molecule has 3 nitrogen and oxygen atoms in total. The van der Waals surface area contributed by atoms with Gasteiger partial charge in [0.15, 0.2) is 6.54 Å². The number of amides is 1. The summed E-state index contributed by atoms with van der Waals surface area (Å²) in [5.74, 6) is 0.953. The van der Waals surface area contributed by atoms with Gasteiger partial charge in [0.1, 0.15) is 6.04 Å². The van der Waals surface area contributed by atoms with Crippen molar-refractivity contribution in [3.63, 3.8) is 0 Å². The van der Waals surface area contributed by atoms with Gasteiger partial charge in [0.2, 0.25) is 0 Å². The van der Waals surface area contributed by atoms with Crippen molar-refractivity contribution in [2.75, 3.05) is 18.4 Å². The molecule has 25 heavy (non-hydrogen) atoms. The first kappa shape index (κ1) is 15.6. The summed E-state index contributed by atoms with van der Waals surface area (Å²) in [5.41, 5.74) is 5.38. The number of fused-ring (bicyclic) bond motifs is 2. The number of hydrogen-bond donors (Lipinski definition) is 2. The third-order valence-corrected chi connectivity index (χ3v) is 7.09. The van der Waals surface area contributed by atoms with E-state index in [0.717, 1.165) is 31.0 Å². The van der Waals surface area contributed by atoms with Crippen molar-refractivity contribution in [3.8, 4) is 0 Å². The Bertz CT molecular complexity index is 808. The van der Waals surface area contributed by atoms with E-state index in [1.807, 2.05) is 11.3 Å². The van der Waals surface area contributed by atoms with Gasteiger partial charge in [-0.3, -0.25) is 4.79 Å². The van der Waals surface area contributed by atoms with Crippen molar-refractivity contribution in [2.45, 2.75) is 44.6 Å². The first-order valence-electron chi connectivity index (χ1n) is 9.60. The Kier molecular flexibility index (Phi) is 3.90. The van der Waals surface area contributed by atoms with Gasteiger partial charge in [0.25, 0.3) is 5.91 Å². The highest BCUT2D eigenvalue weighted by molar-refractivity contribution is 7.10. The number of benzene rings is 1. The molecule has 4 heteroatoms. The molecule has 1 aromatic heterocycles. The van der Waals surface area contributed by atoms with Crippen molar-refractivity contribution in [1.29, 1.82) is 0 Å². The lowest BCUT2D eigenvalue weighted by molar-refractivity contribution is -0.928. The molecule has 0 spiro atoms. The van der Waals surface area contributed by atoms with Crippen LogP contribution in [0.2, 0.25) is 0 Å². The maximum atomic E-state index is 12.7. The van der Waals surface area contributed by atoms with Crippen LogP contribution in [0.25, 0.3) is 0 Å². The van der Waals surface area contributed by atoms with Crippen LogP contribution in [-0.2, 0) is 24.1 Å². The molecule has 1 fully saturated rings. The Labute approximate surface area is 153 Å². The van der Waals surface area contributed by atoms with Crippen LogP contribution in [0, 0.1) is 5.92 Å². The molecule has 2 aliphatic carbocycles. The number of carbonyl (C=O) groups excluding carboxylic acids is 1. The molecule has 1 amide bonds. The number of aryl methyl sites for hydroxylation is 2. The van der Waals surface area contributed by atoms with Crippen molar-refractivity contribution in [1.82, 2.24) is 0 Å². The topological polar surface area (TPSA) is 33.5 Å². The monoisotopic (exact) mass is 353 g/mol. The molecule has 0 radical (unpaired) electrons. The van der Waals surface area contributed by atoms with Gasteiger partial charge < -0.3 is 10.2 Å². The number of rotatable bonds is 4.